The minimum absolute atomic E-state index is 0.0131. The maximum atomic E-state index is 11.2. The van der Waals surface area contributed by atoms with Gasteiger partial charge in [-0.1, -0.05) is 41.7 Å². The molecule has 0 saturated carbocycles. The van der Waals surface area contributed by atoms with Crippen LogP contribution >= 0.6 is 58.2 Å². The van der Waals surface area contributed by atoms with Gasteiger partial charge in [-0.15, -0.1) is 11.8 Å². The number of hydrogen-bond donors (Lipinski definition) is 0. The van der Waals surface area contributed by atoms with E-state index in [0.717, 1.165) is 10.6 Å². The van der Waals surface area contributed by atoms with Gasteiger partial charge in [0.1, 0.15) is 21.7 Å². The van der Waals surface area contributed by atoms with E-state index in [0.29, 0.717) is 10.8 Å². The second-order valence-corrected chi connectivity index (χ2v) is 7.04. The molecule has 24 heavy (non-hydrogen) atoms. The van der Waals surface area contributed by atoms with Crippen LogP contribution in [-0.4, -0.2) is 26.7 Å². The number of halogens is 4. The number of ketones is 1. The van der Waals surface area contributed by atoms with Crippen LogP contribution in [0.1, 0.15) is 34.8 Å². The summed E-state index contributed by atoms with van der Waals surface area (Å²) >= 11 is 23.5. The predicted octanol–water partition coefficient (Wildman–Crippen LogP) is 5.82. The van der Waals surface area contributed by atoms with Crippen molar-refractivity contribution >= 4 is 69.2 Å². The van der Waals surface area contributed by atoms with Gasteiger partial charge in [0.05, 0.1) is 5.02 Å². The van der Waals surface area contributed by atoms with Gasteiger partial charge < -0.3 is 0 Å². The average Bonchev–Trinajstić information content (AvgIpc) is 2.52. The molecule has 0 aliphatic carbocycles. The summed E-state index contributed by atoms with van der Waals surface area (Å²) in [5.74, 6) is 0.877. The minimum Gasteiger partial charge on any atom is -0.293 e. The molecular formula is C15H12Cl4N2O2S. The van der Waals surface area contributed by atoms with Crippen LogP contribution in [0.5, 0.6) is 0 Å². The predicted molar refractivity (Wildman–Crippen MR) is 100 cm³/mol. The molecule has 0 bridgehead atoms. The van der Waals surface area contributed by atoms with Crippen molar-refractivity contribution in [1.29, 1.82) is 0 Å². The molecule has 0 saturated heterocycles. The van der Waals surface area contributed by atoms with Crippen molar-refractivity contribution < 1.29 is 9.59 Å². The standard InChI is InChI=1S/C9H10ClNOS.C6H2Cl3NO/c1-3-13-7-4-5-8(10)11-9(7)6(2)12;7-3-1-2-4(8)10-5(3)6(9)11/h4-5H,3H2,1-2H3;1-2H. The smallest absolute Gasteiger partial charge is 0.272 e. The first kappa shape index (κ1) is 21.2. The fourth-order valence-electron chi connectivity index (χ4n) is 1.50. The topological polar surface area (TPSA) is 59.9 Å². The number of nitrogens with zero attached hydrogens (tertiary/aromatic N) is 2. The first-order valence-corrected chi connectivity index (χ1v) is 9.08. The van der Waals surface area contributed by atoms with E-state index in [4.69, 9.17) is 46.4 Å². The molecule has 4 nitrogen and oxygen atoms in total. The van der Waals surface area contributed by atoms with Crippen LogP contribution in [0.2, 0.25) is 15.3 Å². The number of hydrogen-bond acceptors (Lipinski definition) is 5. The monoisotopic (exact) mass is 424 g/mol. The summed E-state index contributed by atoms with van der Waals surface area (Å²) in [5.41, 5.74) is 0.459. The van der Waals surface area contributed by atoms with Crippen molar-refractivity contribution in [2.24, 2.45) is 0 Å². The summed E-state index contributed by atoms with van der Waals surface area (Å²) in [6.45, 7) is 3.53. The van der Waals surface area contributed by atoms with E-state index in [1.807, 2.05) is 13.0 Å². The van der Waals surface area contributed by atoms with E-state index in [1.54, 1.807) is 17.8 Å². The Kier molecular flexibility index (Phi) is 9.02. The van der Waals surface area contributed by atoms with E-state index < -0.39 is 5.24 Å². The molecule has 0 N–H and O–H groups in total. The largest absolute Gasteiger partial charge is 0.293 e. The second kappa shape index (κ2) is 10.2. The zero-order chi connectivity index (χ0) is 18.3. The maximum absolute atomic E-state index is 11.2. The molecule has 0 spiro atoms. The van der Waals surface area contributed by atoms with Gasteiger partial charge in [-0.25, -0.2) is 9.97 Å². The van der Waals surface area contributed by atoms with Crippen LogP contribution in [0.4, 0.5) is 0 Å². The molecule has 0 amide bonds. The van der Waals surface area contributed by atoms with Crippen molar-refractivity contribution in [1.82, 2.24) is 9.97 Å². The Morgan fingerprint density at radius 3 is 2.00 bits per heavy atom. The van der Waals surface area contributed by atoms with Crippen LogP contribution in [-0.2, 0) is 0 Å². The van der Waals surface area contributed by atoms with Crippen molar-refractivity contribution in [2.75, 3.05) is 5.75 Å². The highest BCUT2D eigenvalue weighted by Crippen LogP contribution is 2.23. The van der Waals surface area contributed by atoms with Crippen molar-refractivity contribution in [3.05, 3.63) is 51.0 Å². The summed E-state index contributed by atoms with van der Waals surface area (Å²) in [6, 6.07) is 6.48. The van der Waals surface area contributed by atoms with Gasteiger partial charge in [0.15, 0.2) is 5.78 Å². The van der Waals surface area contributed by atoms with Crippen LogP contribution < -0.4 is 0 Å². The fraction of sp³-hybridized carbons (Fsp3) is 0.200. The summed E-state index contributed by atoms with van der Waals surface area (Å²) in [5, 5.41) is 0.0518. The molecular weight excluding hydrogens is 414 g/mol. The normalized spacial score (nSPS) is 9.92. The lowest BCUT2D eigenvalue weighted by atomic mass is 10.3. The number of carbonyl (C=O) groups is 2. The Bertz CT molecular complexity index is 756. The van der Waals surface area contributed by atoms with E-state index in [1.165, 1.54) is 19.1 Å². The molecule has 2 aromatic rings. The summed E-state index contributed by atoms with van der Waals surface area (Å²) in [7, 11) is 0. The van der Waals surface area contributed by atoms with Crippen LogP contribution in [0.3, 0.4) is 0 Å². The molecule has 0 aliphatic rings. The molecule has 0 aliphatic heterocycles. The molecule has 0 radical (unpaired) electrons. The summed E-state index contributed by atoms with van der Waals surface area (Å²) in [6.07, 6.45) is 0. The zero-order valence-corrected chi connectivity index (χ0v) is 16.5. The Morgan fingerprint density at radius 1 is 1.00 bits per heavy atom. The zero-order valence-electron chi connectivity index (χ0n) is 12.6. The first-order valence-electron chi connectivity index (χ1n) is 6.58. The second-order valence-electron chi connectivity index (χ2n) is 4.21. The van der Waals surface area contributed by atoms with Gasteiger partial charge in [0, 0.05) is 11.8 Å². The third kappa shape index (κ3) is 6.57. The Hall–Kier alpha value is -0.850. The first-order chi connectivity index (χ1) is 11.3. The number of rotatable bonds is 4. The lowest BCUT2D eigenvalue weighted by Crippen LogP contribution is -1.99. The molecule has 9 heteroatoms. The lowest BCUT2D eigenvalue weighted by Gasteiger charge is -2.03. The molecule has 0 aromatic carbocycles. The minimum atomic E-state index is -0.711. The maximum Gasteiger partial charge on any atom is 0.272 e. The molecule has 0 atom stereocenters. The molecule has 2 aromatic heterocycles. The summed E-state index contributed by atoms with van der Waals surface area (Å²) < 4.78 is 0. The third-order valence-electron chi connectivity index (χ3n) is 2.46. The highest BCUT2D eigenvalue weighted by molar-refractivity contribution is 7.99. The van der Waals surface area contributed by atoms with Crippen molar-refractivity contribution in [3.8, 4) is 0 Å². The van der Waals surface area contributed by atoms with E-state index in [9.17, 15) is 9.59 Å². The SMILES string of the molecule is CCSc1ccc(Cl)nc1C(C)=O.O=C(Cl)c1nc(Cl)ccc1Cl. The van der Waals surface area contributed by atoms with Gasteiger partial charge in [-0.05, 0) is 41.6 Å². The van der Waals surface area contributed by atoms with Gasteiger partial charge in [-0.2, -0.15) is 0 Å². The van der Waals surface area contributed by atoms with Crippen LogP contribution in [0.25, 0.3) is 0 Å². The highest BCUT2D eigenvalue weighted by Gasteiger charge is 2.10. The molecule has 2 rings (SSSR count). The van der Waals surface area contributed by atoms with E-state index in [-0.39, 0.29) is 21.7 Å². The quantitative estimate of drug-likeness (QED) is 0.267. The van der Waals surface area contributed by atoms with Crippen molar-refractivity contribution in [3.63, 3.8) is 0 Å². The van der Waals surface area contributed by atoms with E-state index >= 15 is 0 Å². The average molecular weight is 426 g/mol. The van der Waals surface area contributed by atoms with Gasteiger partial charge >= 0.3 is 0 Å². The Morgan fingerprint density at radius 2 is 1.54 bits per heavy atom. The van der Waals surface area contributed by atoms with E-state index in [2.05, 4.69) is 9.97 Å². The van der Waals surface area contributed by atoms with Crippen LogP contribution in [0.15, 0.2) is 29.2 Å². The summed E-state index contributed by atoms with van der Waals surface area (Å²) in [4.78, 5) is 30.2. The van der Waals surface area contributed by atoms with Gasteiger partial charge in [0.2, 0.25) is 0 Å². The molecule has 0 fully saturated rings. The van der Waals surface area contributed by atoms with Crippen LogP contribution in [0, 0.1) is 0 Å². The fourth-order valence-corrected chi connectivity index (χ4v) is 2.98. The Balaban J connectivity index is 0.000000243. The number of pyridine rings is 2. The third-order valence-corrected chi connectivity index (χ3v) is 4.29. The highest BCUT2D eigenvalue weighted by atomic mass is 35.5. The number of thioether (sulfide) groups is 1. The van der Waals surface area contributed by atoms with Crippen molar-refractivity contribution in [2.45, 2.75) is 18.7 Å². The molecule has 128 valence electrons. The van der Waals surface area contributed by atoms with Gasteiger partial charge in [-0.3, -0.25) is 9.59 Å². The van der Waals surface area contributed by atoms with Gasteiger partial charge in [0.25, 0.3) is 5.24 Å². The molecule has 2 heterocycles. The Labute approximate surface area is 163 Å². The number of carbonyl (C=O) groups excluding carboxylic acids is 2. The molecule has 0 unspecified atom stereocenters. The number of aromatic nitrogens is 2. The lowest BCUT2D eigenvalue weighted by molar-refractivity contribution is 0.100. The number of Topliss-reactive ketones (excluding diaryl/α,β-unsaturated/α-hetero) is 1.